The Balaban J connectivity index is 2.23. The summed E-state index contributed by atoms with van der Waals surface area (Å²) >= 11 is 0. The van der Waals surface area contributed by atoms with Crippen LogP contribution in [0.5, 0.6) is 11.5 Å². The average molecular weight is 263 g/mol. The molecule has 0 bridgehead atoms. The van der Waals surface area contributed by atoms with Crippen LogP contribution in [0.1, 0.15) is 49.4 Å². The molecular weight excluding hydrogens is 242 g/mol. The third-order valence-corrected chi connectivity index (χ3v) is 3.76. The van der Waals surface area contributed by atoms with E-state index in [4.69, 9.17) is 0 Å². The Bertz CT molecular complexity index is 457. The molecule has 1 aromatic rings. The van der Waals surface area contributed by atoms with Gasteiger partial charge in [0.2, 0.25) is 0 Å². The molecular formula is C15H21NO3. The smallest absolute Gasteiger partial charge is 0.258 e. The summed E-state index contributed by atoms with van der Waals surface area (Å²) in [6.45, 7) is 2.85. The van der Waals surface area contributed by atoms with Crippen LogP contribution in [0.15, 0.2) is 18.2 Å². The summed E-state index contributed by atoms with van der Waals surface area (Å²) in [6.07, 6.45) is 5.22. The fourth-order valence-electron chi connectivity index (χ4n) is 2.76. The molecule has 0 spiro atoms. The molecule has 1 fully saturated rings. The monoisotopic (exact) mass is 263 g/mol. The summed E-state index contributed by atoms with van der Waals surface area (Å²) in [5.74, 6) is -0.727. The van der Waals surface area contributed by atoms with E-state index in [9.17, 15) is 15.0 Å². The Morgan fingerprint density at radius 1 is 1.37 bits per heavy atom. The minimum Gasteiger partial charge on any atom is -0.504 e. The van der Waals surface area contributed by atoms with E-state index in [0.717, 1.165) is 38.6 Å². The average Bonchev–Trinajstić information content (AvgIpc) is 2.42. The number of aromatic hydroxyl groups is 2. The standard InChI is InChI=1S/C15H21NO3/c1-2-6-11-7-3-4-10-16(11)15(19)12-8-5-9-13(17)14(12)18/h5,8-9,11,17-18H,2-4,6-7,10H2,1H3. The van der Waals surface area contributed by atoms with Crippen LogP contribution < -0.4 is 0 Å². The molecule has 1 aliphatic heterocycles. The zero-order chi connectivity index (χ0) is 13.8. The number of rotatable bonds is 3. The van der Waals surface area contributed by atoms with Crippen molar-refractivity contribution in [3.63, 3.8) is 0 Å². The normalized spacial score (nSPS) is 19.4. The summed E-state index contributed by atoms with van der Waals surface area (Å²) < 4.78 is 0. The number of amides is 1. The Labute approximate surface area is 113 Å². The lowest BCUT2D eigenvalue weighted by Gasteiger charge is -2.36. The van der Waals surface area contributed by atoms with Crippen LogP contribution in [0.4, 0.5) is 0 Å². The van der Waals surface area contributed by atoms with Gasteiger partial charge in [0, 0.05) is 12.6 Å². The third-order valence-electron chi connectivity index (χ3n) is 3.76. The number of benzene rings is 1. The second kappa shape index (κ2) is 5.95. The Morgan fingerprint density at radius 3 is 2.89 bits per heavy atom. The van der Waals surface area contributed by atoms with Crippen LogP contribution in [0.2, 0.25) is 0 Å². The molecule has 1 unspecified atom stereocenters. The third kappa shape index (κ3) is 2.83. The van der Waals surface area contributed by atoms with E-state index in [1.165, 1.54) is 6.07 Å². The highest BCUT2D eigenvalue weighted by Gasteiger charge is 2.28. The summed E-state index contributed by atoms with van der Waals surface area (Å²) in [6, 6.07) is 4.79. The predicted octanol–water partition coefficient (Wildman–Crippen LogP) is 2.89. The van der Waals surface area contributed by atoms with Gasteiger partial charge in [-0.25, -0.2) is 0 Å². The lowest BCUT2D eigenvalue weighted by atomic mass is 9.97. The maximum atomic E-state index is 12.5. The summed E-state index contributed by atoms with van der Waals surface area (Å²) in [5, 5.41) is 19.3. The number of hydrogen-bond donors (Lipinski definition) is 2. The lowest BCUT2D eigenvalue weighted by molar-refractivity contribution is 0.0597. The number of hydrogen-bond acceptors (Lipinski definition) is 3. The van der Waals surface area contributed by atoms with Crippen LogP contribution in [0.25, 0.3) is 0 Å². The second-order valence-corrected chi connectivity index (χ2v) is 5.11. The quantitative estimate of drug-likeness (QED) is 0.824. The van der Waals surface area contributed by atoms with Crippen LogP contribution in [-0.4, -0.2) is 33.6 Å². The number of piperidine rings is 1. The second-order valence-electron chi connectivity index (χ2n) is 5.11. The maximum absolute atomic E-state index is 12.5. The van der Waals surface area contributed by atoms with Gasteiger partial charge in [-0.05, 0) is 37.8 Å². The fourth-order valence-corrected chi connectivity index (χ4v) is 2.76. The first kappa shape index (κ1) is 13.7. The van der Waals surface area contributed by atoms with Gasteiger partial charge in [0.25, 0.3) is 5.91 Å². The SMILES string of the molecule is CCCC1CCCCN1C(=O)c1cccc(O)c1O. The Kier molecular flexibility index (Phi) is 4.30. The number of phenols is 2. The number of carbonyl (C=O) groups excluding carboxylic acids is 1. The fraction of sp³-hybridized carbons (Fsp3) is 0.533. The highest BCUT2D eigenvalue weighted by molar-refractivity contribution is 5.97. The van der Waals surface area contributed by atoms with Gasteiger partial charge >= 0.3 is 0 Å². The Hall–Kier alpha value is -1.71. The molecule has 4 heteroatoms. The summed E-state index contributed by atoms with van der Waals surface area (Å²) in [4.78, 5) is 14.4. The highest BCUT2D eigenvalue weighted by Crippen LogP contribution is 2.31. The highest BCUT2D eigenvalue weighted by atomic mass is 16.3. The van der Waals surface area contributed by atoms with Crippen molar-refractivity contribution >= 4 is 5.91 Å². The van der Waals surface area contributed by atoms with Crippen LogP contribution >= 0.6 is 0 Å². The van der Waals surface area contributed by atoms with E-state index in [0.29, 0.717) is 0 Å². The van der Waals surface area contributed by atoms with Gasteiger partial charge < -0.3 is 15.1 Å². The molecule has 1 aromatic carbocycles. The van der Waals surface area contributed by atoms with Crippen molar-refractivity contribution in [2.24, 2.45) is 0 Å². The number of phenolic OH excluding ortho intramolecular Hbond substituents is 2. The molecule has 0 radical (unpaired) electrons. The molecule has 0 aromatic heterocycles. The van der Waals surface area contributed by atoms with E-state index in [1.807, 2.05) is 4.90 Å². The number of nitrogens with zero attached hydrogens (tertiary/aromatic N) is 1. The van der Waals surface area contributed by atoms with E-state index < -0.39 is 0 Å². The van der Waals surface area contributed by atoms with Crippen molar-refractivity contribution in [1.82, 2.24) is 4.90 Å². The number of carbonyl (C=O) groups is 1. The molecule has 19 heavy (non-hydrogen) atoms. The van der Waals surface area contributed by atoms with Crippen LogP contribution in [0, 0.1) is 0 Å². The molecule has 1 amide bonds. The van der Waals surface area contributed by atoms with Crippen molar-refractivity contribution in [3.05, 3.63) is 23.8 Å². The largest absolute Gasteiger partial charge is 0.504 e. The van der Waals surface area contributed by atoms with Crippen molar-refractivity contribution in [1.29, 1.82) is 0 Å². The van der Waals surface area contributed by atoms with Gasteiger partial charge in [0.1, 0.15) is 0 Å². The Morgan fingerprint density at radius 2 is 2.16 bits per heavy atom. The van der Waals surface area contributed by atoms with Crippen LogP contribution in [-0.2, 0) is 0 Å². The summed E-state index contributed by atoms with van der Waals surface area (Å²) in [5.41, 5.74) is 0.197. The molecule has 0 aliphatic carbocycles. The van der Waals surface area contributed by atoms with Gasteiger partial charge in [0.15, 0.2) is 11.5 Å². The first-order valence-corrected chi connectivity index (χ1v) is 6.97. The molecule has 1 saturated heterocycles. The molecule has 0 saturated carbocycles. The van der Waals surface area contributed by atoms with E-state index in [2.05, 4.69) is 6.92 Å². The maximum Gasteiger partial charge on any atom is 0.258 e. The zero-order valence-corrected chi connectivity index (χ0v) is 11.3. The number of para-hydroxylation sites is 1. The molecule has 1 aliphatic rings. The van der Waals surface area contributed by atoms with Gasteiger partial charge in [-0.3, -0.25) is 4.79 Å². The van der Waals surface area contributed by atoms with Gasteiger partial charge in [0.05, 0.1) is 5.56 Å². The van der Waals surface area contributed by atoms with Gasteiger partial charge in [-0.15, -0.1) is 0 Å². The molecule has 2 rings (SSSR count). The topological polar surface area (TPSA) is 60.8 Å². The molecule has 4 nitrogen and oxygen atoms in total. The van der Waals surface area contributed by atoms with E-state index in [-0.39, 0.29) is 29.0 Å². The molecule has 104 valence electrons. The minimum atomic E-state index is -0.312. The van der Waals surface area contributed by atoms with Gasteiger partial charge in [-0.2, -0.15) is 0 Å². The van der Waals surface area contributed by atoms with E-state index in [1.54, 1.807) is 12.1 Å². The minimum absolute atomic E-state index is 0.174. The van der Waals surface area contributed by atoms with Crippen molar-refractivity contribution in [2.75, 3.05) is 6.54 Å². The van der Waals surface area contributed by atoms with E-state index >= 15 is 0 Å². The van der Waals surface area contributed by atoms with Crippen LogP contribution in [0.3, 0.4) is 0 Å². The first-order valence-electron chi connectivity index (χ1n) is 6.97. The van der Waals surface area contributed by atoms with Crippen molar-refractivity contribution in [3.8, 4) is 11.5 Å². The lowest BCUT2D eigenvalue weighted by Crippen LogP contribution is -2.43. The molecule has 1 atom stereocenters. The first-order chi connectivity index (χ1) is 9.15. The predicted molar refractivity (Wildman–Crippen MR) is 73.4 cm³/mol. The van der Waals surface area contributed by atoms with Crippen molar-refractivity contribution < 1.29 is 15.0 Å². The zero-order valence-electron chi connectivity index (χ0n) is 11.3. The van der Waals surface area contributed by atoms with Gasteiger partial charge in [-0.1, -0.05) is 19.4 Å². The summed E-state index contributed by atoms with van der Waals surface area (Å²) in [7, 11) is 0. The molecule has 1 heterocycles. The molecule has 2 N–H and O–H groups in total. The van der Waals surface area contributed by atoms with Crippen molar-refractivity contribution in [2.45, 2.75) is 45.1 Å². The number of likely N-dealkylation sites (tertiary alicyclic amines) is 1.